The van der Waals surface area contributed by atoms with Gasteiger partial charge in [-0.15, -0.1) is 0 Å². The standard InChI is InChI=1S/C6H7NO/c1-2-6-7(3-1)4-5-8-6/h1-3H,4-5H2. The molecule has 0 atom stereocenters. The molecule has 0 bridgehead atoms. The minimum absolute atomic E-state index is 0.843. The van der Waals surface area contributed by atoms with Gasteiger partial charge in [-0.1, -0.05) is 0 Å². The molecular weight excluding hydrogens is 102 g/mol. The van der Waals surface area contributed by atoms with Crippen LogP contribution in [0, 0.1) is 0 Å². The molecule has 0 N–H and O–H groups in total. The van der Waals surface area contributed by atoms with Gasteiger partial charge in [0.2, 0.25) is 0 Å². The van der Waals surface area contributed by atoms with Crippen molar-refractivity contribution in [3.8, 4) is 5.88 Å². The highest BCUT2D eigenvalue weighted by Gasteiger charge is 2.06. The number of fused-ring (bicyclic) bond motifs is 1. The first kappa shape index (κ1) is 4.01. The molecule has 0 spiro atoms. The van der Waals surface area contributed by atoms with E-state index in [9.17, 15) is 0 Å². The molecule has 0 saturated heterocycles. The van der Waals surface area contributed by atoms with Crippen molar-refractivity contribution in [2.75, 3.05) is 6.61 Å². The molecule has 0 amide bonds. The molecule has 2 nitrogen and oxygen atoms in total. The SMILES string of the molecule is c1cc2n(c1)CCO2. The van der Waals surface area contributed by atoms with Crippen LogP contribution >= 0.6 is 0 Å². The average molecular weight is 109 g/mol. The van der Waals surface area contributed by atoms with Crippen LogP contribution in [-0.2, 0) is 6.54 Å². The molecule has 0 radical (unpaired) electrons. The van der Waals surface area contributed by atoms with E-state index in [0.29, 0.717) is 0 Å². The van der Waals surface area contributed by atoms with E-state index < -0.39 is 0 Å². The van der Waals surface area contributed by atoms with E-state index in [1.807, 2.05) is 18.3 Å². The largest absolute Gasteiger partial charge is 0.477 e. The predicted molar refractivity (Wildman–Crippen MR) is 29.9 cm³/mol. The summed E-state index contributed by atoms with van der Waals surface area (Å²) in [7, 11) is 0. The van der Waals surface area contributed by atoms with Crippen LogP contribution in [0.2, 0.25) is 0 Å². The Bertz CT molecular complexity index is 174. The van der Waals surface area contributed by atoms with Crippen molar-refractivity contribution in [3.63, 3.8) is 0 Å². The van der Waals surface area contributed by atoms with E-state index in [-0.39, 0.29) is 0 Å². The van der Waals surface area contributed by atoms with Crippen LogP contribution in [-0.4, -0.2) is 11.2 Å². The Hall–Kier alpha value is -0.920. The lowest BCUT2D eigenvalue weighted by molar-refractivity contribution is 0.357. The summed E-state index contributed by atoms with van der Waals surface area (Å²) in [6.45, 7) is 1.86. The monoisotopic (exact) mass is 109 g/mol. The number of hydrogen-bond donors (Lipinski definition) is 0. The van der Waals surface area contributed by atoms with Crippen LogP contribution in [0.5, 0.6) is 5.88 Å². The number of ether oxygens (including phenoxy) is 1. The Morgan fingerprint density at radius 1 is 1.62 bits per heavy atom. The zero-order chi connectivity index (χ0) is 5.40. The Labute approximate surface area is 47.7 Å². The minimum atomic E-state index is 0.843. The van der Waals surface area contributed by atoms with E-state index >= 15 is 0 Å². The molecule has 42 valence electrons. The predicted octanol–water partition coefficient (Wildman–Crippen LogP) is 0.880. The van der Waals surface area contributed by atoms with Gasteiger partial charge < -0.3 is 9.30 Å². The van der Waals surface area contributed by atoms with Gasteiger partial charge in [-0.05, 0) is 12.1 Å². The topological polar surface area (TPSA) is 14.2 Å². The van der Waals surface area contributed by atoms with Crippen molar-refractivity contribution in [3.05, 3.63) is 18.3 Å². The fraction of sp³-hybridized carbons (Fsp3) is 0.333. The van der Waals surface area contributed by atoms with Crippen LogP contribution in [0.15, 0.2) is 18.3 Å². The van der Waals surface area contributed by atoms with Crippen molar-refractivity contribution in [2.45, 2.75) is 6.54 Å². The van der Waals surface area contributed by atoms with Crippen molar-refractivity contribution >= 4 is 0 Å². The normalized spacial score (nSPS) is 15.5. The molecule has 1 aromatic heterocycles. The molecule has 2 heteroatoms. The van der Waals surface area contributed by atoms with Crippen LogP contribution < -0.4 is 4.74 Å². The molecule has 0 unspecified atom stereocenters. The Morgan fingerprint density at radius 2 is 2.62 bits per heavy atom. The second kappa shape index (κ2) is 1.28. The summed E-state index contributed by atoms with van der Waals surface area (Å²) in [5.41, 5.74) is 0. The Balaban J connectivity index is 2.54. The lowest BCUT2D eigenvalue weighted by Gasteiger charge is -1.87. The van der Waals surface area contributed by atoms with E-state index in [4.69, 9.17) is 4.74 Å². The fourth-order valence-electron chi connectivity index (χ4n) is 0.963. The minimum Gasteiger partial charge on any atom is -0.477 e. The molecule has 1 aliphatic heterocycles. The third-order valence-electron chi connectivity index (χ3n) is 1.37. The molecule has 1 aliphatic rings. The highest BCUT2D eigenvalue weighted by molar-refractivity contribution is 5.15. The molecule has 2 rings (SSSR count). The molecular formula is C6H7NO. The molecule has 1 aromatic rings. The van der Waals surface area contributed by atoms with Gasteiger partial charge in [0.15, 0.2) is 5.88 Å². The number of rotatable bonds is 0. The van der Waals surface area contributed by atoms with Crippen LogP contribution in [0.1, 0.15) is 0 Å². The summed E-state index contributed by atoms with van der Waals surface area (Å²) in [6, 6.07) is 3.97. The highest BCUT2D eigenvalue weighted by Crippen LogP contribution is 2.16. The average Bonchev–Trinajstić information content (AvgIpc) is 2.15. The maximum absolute atomic E-state index is 5.20. The molecule has 0 aliphatic carbocycles. The number of aromatic nitrogens is 1. The summed E-state index contributed by atoms with van der Waals surface area (Å²) in [5, 5.41) is 0. The van der Waals surface area contributed by atoms with E-state index in [1.165, 1.54) is 0 Å². The second-order valence-corrected chi connectivity index (χ2v) is 1.89. The van der Waals surface area contributed by atoms with Gasteiger partial charge in [-0.3, -0.25) is 0 Å². The Kier molecular flexibility index (Phi) is 0.640. The Morgan fingerprint density at radius 3 is 3.50 bits per heavy atom. The molecule has 0 aromatic carbocycles. The third-order valence-corrected chi connectivity index (χ3v) is 1.37. The van der Waals surface area contributed by atoms with E-state index in [1.54, 1.807) is 0 Å². The van der Waals surface area contributed by atoms with Gasteiger partial charge in [0.05, 0.1) is 6.54 Å². The number of hydrogen-bond acceptors (Lipinski definition) is 1. The number of nitrogens with zero attached hydrogens (tertiary/aromatic N) is 1. The first-order valence-corrected chi connectivity index (χ1v) is 2.75. The van der Waals surface area contributed by atoms with Crippen LogP contribution in [0.25, 0.3) is 0 Å². The first-order chi connectivity index (χ1) is 3.97. The van der Waals surface area contributed by atoms with Gasteiger partial charge in [0, 0.05) is 6.20 Å². The zero-order valence-corrected chi connectivity index (χ0v) is 4.50. The fourth-order valence-corrected chi connectivity index (χ4v) is 0.963. The van der Waals surface area contributed by atoms with Crippen LogP contribution in [0.3, 0.4) is 0 Å². The smallest absolute Gasteiger partial charge is 0.193 e. The molecule has 0 fully saturated rings. The quantitative estimate of drug-likeness (QED) is 0.482. The zero-order valence-electron chi connectivity index (χ0n) is 4.50. The summed E-state index contributed by atoms with van der Waals surface area (Å²) in [4.78, 5) is 0. The van der Waals surface area contributed by atoms with Crippen molar-refractivity contribution < 1.29 is 4.74 Å². The summed E-state index contributed by atoms with van der Waals surface area (Å²) >= 11 is 0. The van der Waals surface area contributed by atoms with Crippen molar-refractivity contribution in [1.29, 1.82) is 0 Å². The third kappa shape index (κ3) is 0.372. The first-order valence-electron chi connectivity index (χ1n) is 2.75. The van der Waals surface area contributed by atoms with Gasteiger partial charge in [-0.25, -0.2) is 0 Å². The van der Waals surface area contributed by atoms with Crippen LogP contribution in [0.4, 0.5) is 0 Å². The van der Waals surface area contributed by atoms with Crippen molar-refractivity contribution in [1.82, 2.24) is 4.57 Å². The highest BCUT2D eigenvalue weighted by atomic mass is 16.5. The van der Waals surface area contributed by atoms with Crippen molar-refractivity contribution in [2.24, 2.45) is 0 Å². The maximum Gasteiger partial charge on any atom is 0.193 e. The van der Waals surface area contributed by atoms with E-state index in [0.717, 1.165) is 19.0 Å². The summed E-state index contributed by atoms with van der Waals surface area (Å²) in [6.07, 6.45) is 2.03. The molecule has 8 heavy (non-hydrogen) atoms. The van der Waals surface area contributed by atoms with Gasteiger partial charge in [-0.2, -0.15) is 0 Å². The maximum atomic E-state index is 5.20. The summed E-state index contributed by atoms with van der Waals surface area (Å²) < 4.78 is 7.30. The molecule has 0 saturated carbocycles. The summed E-state index contributed by atoms with van der Waals surface area (Å²) in [5.74, 6) is 1.00. The second-order valence-electron chi connectivity index (χ2n) is 1.89. The van der Waals surface area contributed by atoms with Gasteiger partial charge in [0.25, 0.3) is 0 Å². The van der Waals surface area contributed by atoms with E-state index in [2.05, 4.69) is 4.57 Å². The lowest BCUT2D eigenvalue weighted by atomic mass is 10.6. The lowest BCUT2D eigenvalue weighted by Crippen LogP contribution is -1.89. The van der Waals surface area contributed by atoms with Gasteiger partial charge in [0.1, 0.15) is 6.61 Å². The molecule has 2 heterocycles. The van der Waals surface area contributed by atoms with Gasteiger partial charge >= 0.3 is 0 Å².